The van der Waals surface area contributed by atoms with Gasteiger partial charge in [-0.1, -0.05) is 23.9 Å². The fourth-order valence-electron chi connectivity index (χ4n) is 3.92. The Balaban J connectivity index is 1.31. The van der Waals surface area contributed by atoms with Crippen molar-refractivity contribution in [3.63, 3.8) is 0 Å². The molecule has 1 amide bonds. The minimum atomic E-state index is -0.213. The molecule has 1 aromatic carbocycles. The summed E-state index contributed by atoms with van der Waals surface area (Å²) in [6, 6.07) is 7.70. The molecule has 0 saturated heterocycles. The first-order valence-corrected chi connectivity index (χ1v) is 11.5. The minimum absolute atomic E-state index is 0.0588. The highest BCUT2D eigenvalue weighted by Crippen LogP contribution is 2.33. The van der Waals surface area contributed by atoms with E-state index in [9.17, 15) is 9.59 Å². The van der Waals surface area contributed by atoms with Crippen molar-refractivity contribution in [3.8, 4) is 5.69 Å². The summed E-state index contributed by atoms with van der Waals surface area (Å²) in [4.78, 5) is 34.4. The SMILES string of the molecule is Cc1cccc(-n2ncc3c(=O)n4c(nc32)SC[C@H]4CC(=O)NCCCn2ccnc2)c1. The zero-order valence-corrected chi connectivity index (χ0v) is 18.5. The number of imidazole rings is 1. The molecule has 5 rings (SSSR count). The molecule has 0 radical (unpaired) electrons. The molecule has 9 nitrogen and oxygen atoms in total. The highest BCUT2D eigenvalue weighted by Gasteiger charge is 2.29. The number of hydrogen-bond acceptors (Lipinski definition) is 6. The molecule has 1 aliphatic rings. The van der Waals surface area contributed by atoms with Crippen molar-refractivity contribution in [2.75, 3.05) is 12.3 Å². The number of amides is 1. The van der Waals surface area contributed by atoms with E-state index in [0.717, 1.165) is 24.2 Å². The second-order valence-electron chi connectivity index (χ2n) is 7.88. The zero-order chi connectivity index (χ0) is 22.1. The zero-order valence-electron chi connectivity index (χ0n) is 17.6. The summed E-state index contributed by atoms with van der Waals surface area (Å²) < 4.78 is 5.33. The molecule has 0 bridgehead atoms. The maximum Gasteiger partial charge on any atom is 0.265 e. The Morgan fingerprint density at radius 2 is 2.25 bits per heavy atom. The number of nitrogens with one attached hydrogen (secondary N) is 1. The molecule has 1 atom stereocenters. The van der Waals surface area contributed by atoms with Gasteiger partial charge in [-0.25, -0.2) is 14.6 Å². The molecule has 1 aliphatic heterocycles. The Labute approximate surface area is 188 Å². The molecule has 4 heterocycles. The van der Waals surface area contributed by atoms with E-state index < -0.39 is 0 Å². The van der Waals surface area contributed by atoms with Crippen molar-refractivity contribution < 1.29 is 4.79 Å². The third-order valence-corrected chi connectivity index (χ3v) is 6.61. The van der Waals surface area contributed by atoms with Crippen molar-refractivity contribution in [1.82, 2.24) is 34.2 Å². The standard InChI is InChI=1S/C22H23N7O2S/c1-15-4-2-5-16(10-15)29-20-18(12-25-29)21(31)28-17(13-32-22(28)26-20)11-19(30)24-6-3-8-27-9-7-23-14-27/h2,4-5,7,9-10,12,14,17H,3,6,8,11,13H2,1H3,(H,24,30)/t17-/m1/s1. The van der Waals surface area contributed by atoms with Crippen LogP contribution in [0.2, 0.25) is 0 Å². The number of rotatable bonds is 7. The number of carbonyl (C=O) groups is 1. The molecule has 0 aliphatic carbocycles. The van der Waals surface area contributed by atoms with Gasteiger partial charge < -0.3 is 9.88 Å². The van der Waals surface area contributed by atoms with Crippen LogP contribution in [0.4, 0.5) is 0 Å². The topological polar surface area (TPSA) is 99.6 Å². The lowest BCUT2D eigenvalue weighted by Gasteiger charge is -2.13. The van der Waals surface area contributed by atoms with Gasteiger partial charge in [-0.15, -0.1) is 0 Å². The predicted octanol–water partition coefficient (Wildman–Crippen LogP) is 2.33. The maximum atomic E-state index is 13.2. The van der Waals surface area contributed by atoms with Crippen LogP contribution in [-0.4, -0.2) is 47.1 Å². The van der Waals surface area contributed by atoms with E-state index in [1.54, 1.807) is 28.0 Å². The van der Waals surface area contributed by atoms with Gasteiger partial charge in [-0.2, -0.15) is 5.10 Å². The molecular formula is C22H23N7O2S. The Kier molecular flexibility index (Phi) is 5.52. The van der Waals surface area contributed by atoms with Crippen LogP contribution >= 0.6 is 11.8 Å². The highest BCUT2D eigenvalue weighted by molar-refractivity contribution is 7.99. The molecule has 32 heavy (non-hydrogen) atoms. The summed E-state index contributed by atoms with van der Waals surface area (Å²) in [5.41, 5.74) is 2.37. The number of thioether (sulfide) groups is 1. The fourth-order valence-corrected chi connectivity index (χ4v) is 5.05. The fraction of sp³-hybridized carbons (Fsp3) is 0.318. The van der Waals surface area contributed by atoms with E-state index >= 15 is 0 Å². The number of aromatic nitrogens is 6. The van der Waals surface area contributed by atoms with E-state index in [-0.39, 0.29) is 23.9 Å². The second-order valence-corrected chi connectivity index (χ2v) is 8.86. The largest absolute Gasteiger partial charge is 0.356 e. The number of nitrogens with zero attached hydrogens (tertiary/aromatic N) is 6. The number of benzene rings is 1. The molecule has 164 valence electrons. The lowest BCUT2D eigenvalue weighted by molar-refractivity contribution is -0.121. The summed E-state index contributed by atoms with van der Waals surface area (Å²) in [6.07, 6.45) is 8.03. The van der Waals surface area contributed by atoms with Crippen molar-refractivity contribution in [2.45, 2.75) is 37.5 Å². The van der Waals surface area contributed by atoms with Crippen molar-refractivity contribution in [2.24, 2.45) is 0 Å². The van der Waals surface area contributed by atoms with Crippen molar-refractivity contribution >= 4 is 28.7 Å². The van der Waals surface area contributed by atoms with Gasteiger partial charge in [0.2, 0.25) is 5.91 Å². The molecule has 0 saturated carbocycles. The molecule has 0 spiro atoms. The molecule has 4 aromatic rings. The van der Waals surface area contributed by atoms with Crippen molar-refractivity contribution in [1.29, 1.82) is 0 Å². The summed E-state index contributed by atoms with van der Waals surface area (Å²) in [5.74, 6) is 0.589. The molecule has 0 unspecified atom stereocenters. The van der Waals surface area contributed by atoms with Crippen LogP contribution in [0.1, 0.15) is 24.4 Å². The monoisotopic (exact) mass is 449 g/mol. The van der Waals surface area contributed by atoms with Gasteiger partial charge in [0.1, 0.15) is 5.39 Å². The van der Waals surface area contributed by atoms with Crippen LogP contribution in [-0.2, 0) is 11.3 Å². The first kappa shape index (κ1) is 20.5. The third kappa shape index (κ3) is 3.93. The normalized spacial score (nSPS) is 15.2. The van der Waals surface area contributed by atoms with Crippen molar-refractivity contribution in [3.05, 3.63) is 65.1 Å². The summed E-state index contributed by atoms with van der Waals surface area (Å²) in [5, 5.41) is 8.46. The average molecular weight is 450 g/mol. The molecule has 10 heteroatoms. The van der Waals surface area contributed by atoms with Crippen LogP contribution < -0.4 is 10.9 Å². The van der Waals surface area contributed by atoms with Crippen LogP contribution in [0.25, 0.3) is 16.7 Å². The number of carbonyl (C=O) groups excluding carboxylic acids is 1. The van der Waals surface area contributed by atoms with Crippen LogP contribution in [0.3, 0.4) is 0 Å². The van der Waals surface area contributed by atoms with Gasteiger partial charge >= 0.3 is 0 Å². The van der Waals surface area contributed by atoms with Gasteiger partial charge in [-0.3, -0.25) is 14.2 Å². The van der Waals surface area contributed by atoms with Gasteiger partial charge in [0.05, 0.1) is 24.3 Å². The molecule has 0 fully saturated rings. The Hall–Kier alpha value is -3.40. The van der Waals surface area contributed by atoms with E-state index in [1.807, 2.05) is 42.0 Å². The Morgan fingerprint density at radius 3 is 3.06 bits per heavy atom. The van der Waals surface area contributed by atoms with Crippen LogP contribution in [0.15, 0.2) is 59.1 Å². The first-order valence-electron chi connectivity index (χ1n) is 10.5. The first-order chi connectivity index (χ1) is 15.6. The highest BCUT2D eigenvalue weighted by atomic mass is 32.2. The van der Waals surface area contributed by atoms with Crippen LogP contribution in [0.5, 0.6) is 0 Å². The summed E-state index contributed by atoms with van der Waals surface area (Å²) in [6.45, 7) is 3.40. The second kappa shape index (κ2) is 8.62. The quantitative estimate of drug-likeness (QED) is 0.343. The molecular weight excluding hydrogens is 426 g/mol. The molecule has 1 N–H and O–H groups in total. The van der Waals surface area contributed by atoms with E-state index in [4.69, 9.17) is 4.98 Å². The molecule has 3 aromatic heterocycles. The lowest BCUT2D eigenvalue weighted by Crippen LogP contribution is -2.31. The number of hydrogen-bond donors (Lipinski definition) is 1. The smallest absolute Gasteiger partial charge is 0.265 e. The average Bonchev–Trinajstić information content (AvgIpc) is 3.52. The van der Waals surface area contributed by atoms with E-state index in [1.165, 1.54) is 11.8 Å². The third-order valence-electron chi connectivity index (χ3n) is 5.51. The number of fused-ring (bicyclic) bond motifs is 2. The van der Waals surface area contributed by atoms with Gasteiger partial charge in [0, 0.05) is 37.7 Å². The minimum Gasteiger partial charge on any atom is -0.356 e. The lowest BCUT2D eigenvalue weighted by atomic mass is 10.2. The van der Waals surface area contributed by atoms with Gasteiger partial charge in [0.25, 0.3) is 5.56 Å². The maximum absolute atomic E-state index is 13.2. The Bertz CT molecular complexity index is 1330. The van der Waals surface area contributed by atoms with E-state index in [2.05, 4.69) is 15.4 Å². The van der Waals surface area contributed by atoms with Crippen LogP contribution in [0, 0.1) is 6.92 Å². The summed E-state index contributed by atoms with van der Waals surface area (Å²) >= 11 is 1.50. The van der Waals surface area contributed by atoms with E-state index in [0.29, 0.717) is 28.5 Å². The Morgan fingerprint density at radius 1 is 1.34 bits per heavy atom. The predicted molar refractivity (Wildman–Crippen MR) is 122 cm³/mol. The van der Waals surface area contributed by atoms with Gasteiger partial charge in [0.15, 0.2) is 10.8 Å². The number of aryl methyl sites for hydroxylation is 2. The van der Waals surface area contributed by atoms with Gasteiger partial charge in [-0.05, 0) is 31.0 Å². The summed E-state index contributed by atoms with van der Waals surface area (Å²) in [7, 11) is 0.